The first-order valence-corrected chi connectivity index (χ1v) is 6.79. The highest BCUT2D eigenvalue weighted by Gasteiger charge is 2.14. The van der Waals surface area contributed by atoms with Gasteiger partial charge in [-0.3, -0.25) is 0 Å². The molecule has 0 radical (unpaired) electrons. The Morgan fingerprint density at radius 2 is 1.86 bits per heavy atom. The Balaban J connectivity index is 3.58. The Labute approximate surface area is 94.4 Å². The topological polar surface area (TPSA) is 12.0 Å². The summed E-state index contributed by atoms with van der Waals surface area (Å²) in [5.74, 6) is 1.24. The maximum Gasteiger partial charge on any atom is 0.0155 e. The summed E-state index contributed by atoms with van der Waals surface area (Å²) in [6.07, 6.45) is 5.39. The van der Waals surface area contributed by atoms with Gasteiger partial charge in [-0.15, -0.1) is 0 Å². The predicted molar refractivity (Wildman–Crippen MR) is 69.2 cm³/mol. The van der Waals surface area contributed by atoms with Crippen LogP contribution in [-0.2, 0) is 0 Å². The summed E-state index contributed by atoms with van der Waals surface area (Å²) in [6.45, 7) is 9.13. The summed E-state index contributed by atoms with van der Waals surface area (Å²) in [4.78, 5) is 0. The molecule has 0 aliphatic rings. The lowest BCUT2D eigenvalue weighted by Crippen LogP contribution is -2.29. The van der Waals surface area contributed by atoms with Crippen LogP contribution < -0.4 is 5.32 Å². The van der Waals surface area contributed by atoms with Crippen LogP contribution >= 0.6 is 11.8 Å². The van der Waals surface area contributed by atoms with Gasteiger partial charge in [0.1, 0.15) is 0 Å². The largest absolute Gasteiger partial charge is 0.316 e. The molecule has 0 fully saturated rings. The molecule has 0 amide bonds. The van der Waals surface area contributed by atoms with E-state index >= 15 is 0 Å². The Bertz CT molecular complexity index is 129. The maximum absolute atomic E-state index is 3.41. The minimum atomic E-state index is 0.403. The highest BCUT2D eigenvalue weighted by Crippen LogP contribution is 2.24. The lowest BCUT2D eigenvalue weighted by atomic mass is 10.1. The Hall–Kier alpha value is 0.310. The highest BCUT2D eigenvalue weighted by atomic mass is 32.2. The third-order valence-electron chi connectivity index (χ3n) is 2.28. The molecule has 0 bridgehead atoms. The van der Waals surface area contributed by atoms with Crippen molar-refractivity contribution in [1.29, 1.82) is 0 Å². The second-order valence-corrected chi connectivity index (χ2v) is 6.75. The van der Waals surface area contributed by atoms with Crippen LogP contribution in [0.3, 0.4) is 0 Å². The first-order valence-electron chi connectivity index (χ1n) is 5.81. The van der Waals surface area contributed by atoms with Crippen molar-refractivity contribution in [2.75, 3.05) is 12.8 Å². The van der Waals surface area contributed by atoms with Crippen molar-refractivity contribution in [3.05, 3.63) is 0 Å². The van der Waals surface area contributed by atoms with E-state index in [9.17, 15) is 0 Å². The summed E-state index contributed by atoms with van der Waals surface area (Å²) in [7, 11) is 2.08. The van der Waals surface area contributed by atoms with Gasteiger partial charge in [-0.25, -0.2) is 0 Å². The minimum absolute atomic E-state index is 0.403. The normalized spacial score (nSPS) is 14.4. The zero-order chi connectivity index (χ0) is 11.0. The first kappa shape index (κ1) is 14.3. The van der Waals surface area contributed by atoms with E-state index in [-0.39, 0.29) is 0 Å². The molecule has 0 saturated heterocycles. The van der Waals surface area contributed by atoms with Crippen LogP contribution in [0.1, 0.15) is 53.4 Å². The second kappa shape index (κ2) is 7.58. The van der Waals surface area contributed by atoms with Crippen LogP contribution in [0.15, 0.2) is 0 Å². The Morgan fingerprint density at radius 1 is 1.21 bits per heavy atom. The van der Waals surface area contributed by atoms with Gasteiger partial charge in [-0.1, -0.05) is 47.0 Å². The van der Waals surface area contributed by atoms with Crippen molar-refractivity contribution >= 4 is 11.8 Å². The van der Waals surface area contributed by atoms with Crippen LogP contribution in [0.25, 0.3) is 0 Å². The summed E-state index contributed by atoms with van der Waals surface area (Å²) in [5.41, 5.74) is 0. The van der Waals surface area contributed by atoms with Crippen LogP contribution in [0.2, 0.25) is 0 Å². The number of thioether (sulfide) groups is 1. The molecule has 0 aliphatic heterocycles. The third-order valence-corrected chi connectivity index (χ3v) is 3.72. The molecule has 1 nitrogen and oxygen atoms in total. The molecule has 14 heavy (non-hydrogen) atoms. The van der Waals surface area contributed by atoms with Crippen molar-refractivity contribution in [1.82, 2.24) is 5.32 Å². The third kappa shape index (κ3) is 8.89. The monoisotopic (exact) mass is 217 g/mol. The average Bonchev–Trinajstić information content (AvgIpc) is 2.09. The van der Waals surface area contributed by atoms with Crippen LogP contribution in [0, 0.1) is 0 Å². The molecule has 0 rings (SSSR count). The van der Waals surface area contributed by atoms with Crippen LogP contribution in [0.4, 0.5) is 0 Å². The Morgan fingerprint density at radius 3 is 2.29 bits per heavy atom. The molecular weight excluding hydrogens is 190 g/mol. The zero-order valence-corrected chi connectivity index (χ0v) is 11.3. The van der Waals surface area contributed by atoms with Gasteiger partial charge in [0.2, 0.25) is 0 Å². The SMILES string of the molecule is CCCCCC(CSC(C)(C)C)NC. The maximum atomic E-state index is 3.41. The predicted octanol–water partition coefficient (Wildman–Crippen LogP) is 3.69. The summed E-state index contributed by atoms with van der Waals surface area (Å²) >= 11 is 2.06. The molecule has 2 heteroatoms. The van der Waals surface area contributed by atoms with Gasteiger partial charge in [0.05, 0.1) is 0 Å². The molecule has 1 atom stereocenters. The van der Waals surface area contributed by atoms with Gasteiger partial charge in [0, 0.05) is 16.5 Å². The fourth-order valence-corrected chi connectivity index (χ4v) is 2.34. The van der Waals surface area contributed by atoms with Crippen molar-refractivity contribution in [2.45, 2.75) is 64.2 Å². The highest BCUT2D eigenvalue weighted by molar-refractivity contribution is 8.00. The van der Waals surface area contributed by atoms with Gasteiger partial charge in [0.25, 0.3) is 0 Å². The van der Waals surface area contributed by atoms with Crippen LogP contribution in [-0.4, -0.2) is 23.6 Å². The quantitative estimate of drug-likeness (QED) is 0.653. The van der Waals surface area contributed by atoms with E-state index in [1.165, 1.54) is 31.4 Å². The lowest BCUT2D eigenvalue weighted by molar-refractivity contribution is 0.530. The fraction of sp³-hybridized carbons (Fsp3) is 1.00. The molecular formula is C12H27NS. The molecule has 1 unspecified atom stereocenters. The molecule has 0 saturated carbocycles. The van der Waals surface area contributed by atoms with Gasteiger partial charge in [-0.2, -0.15) is 11.8 Å². The van der Waals surface area contributed by atoms with E-state index in [1.54, 1.807) is 0 Å². The van der Waals surface area contributed by atoms with Crippen molar-refractivity contribution in [3.8, 4) is 0 Å². The van der Waals surface area contributed by atoms with E-state index in [0.29, 0.717) is 10.8 Å². The van der Waals surface area contributed by atoms with Crippen molar-refractivity contribution in [3.63, 3.8) is 0 Å². The summed E-state index contributed by atoms with van der Waals surface area (Å²) in [5, 5.41) is 3.41. The number of hydrogen-bond donors (Lipinski definition) is 1. The van der Waals surface area contributed by atoms with E-state index in [2.05, 4.69) is 51.8 Å². The smallest absolute Gasteiger partial charge is 0.0155 e. The number of unbranched alkanes of at least 4 members (excludes halogenated alkanes) is 2. The Kier molecular flexibility index (Phi) is 7.75. The van der Waals surface area contributed by atoms with Gasteiger partial charge in [-0.05, 0) is 13.5 Å². The first-order chi connectivity index (χ1) is 6.49. The van der Waals surface area contributed by atoms with Gasteiger partial charge >= 0.3 is 0 Å². The second-order valence-electron chi connectivity index (χ2n) is 4.90. The van der Waals surface area contributed by atoms with E-state index in [1.807, 2.05) is 0 Å². The summed E-state index contributed by atoms with van der Waals surface area (Å²) in [6, 6.07) is 0.700. The number of rotatable bonds is 7. The van der Waals surface area contributed by atoms with E-state index in [0.717, 1.165) is 0 Å². The molecule has 0 aromatic heterocycles. The zero-order valence-electron chi connectivity index (χ0n) is 10.5. The molecule has 86 valence electrons. The van der Waals surface area contributed by atoms with E-state index in [4.69, 9.17) is 0 Å². The summed E-state index contributed by atoms with van der Waals surface area (Å²) < 4.78 is 0.403. The number of hydrogen-bond acceptors (Lipinski definition) is 2. The van der Waals surface area contributed by atoms with Crippen molar-refractivity contribution < 1.29 is 0 Å². The van der Waals surface area contributed by atoms with Gasteiger partial charge in [0.15, 0.2) is 0 Å². The fourth-order valence-electron chi connectivity index (χ4n) is 1.30. The minimum Gasteiger partial charge on any atom is -0.316 e. The molecule has 0 aromatic rings. The lowest BCUT2D eigenvalue weighted by Gasteiger charge is -2.22. The van der Waals surface area contributed by atoms with E-state index < -0.39 is 0 Å². The average molecular weight is 217 g/mol. The molecule has 0 aliphatic carbocycles. The van der Waals surface area contributed by atoms with Gasteiger partial charge < -0.3 is 5.32 Å². The molecule has 0 spiro atoms. The number of nitrogens with one attached hydrogen (secondary N) is 1. The van der Waals surface area contributed by atoms with Crippen LogP contribution in [0.5, 0.6) is 0 Å². The molecule has 1 N–H and O–H groups in total. The molecule has 0 aromatic carbocycles. The standard InChI is InChI=1S/C12H27NS/c1-6-7-8-9-11(13-5)10-14-12(2,3)4/h11,13H,6-10H2,1-5H3. The van der Waals surface area contributed by atoms with Crippen molar-refractivity contribution in [2.24, 2.45) is 0 Å². The molecule has 0 heterocycles.